The van der Waals surface area contributed by atoms with E-state index in [0.29, 0.717) is 37.9 Å². The Morgan fingerprint density at radius 3 is 2.40 bits per heavy atom. The van der Waals surface area contributed by atoms with Crippen molar-refractivity contribution in [1.82, 2.24) is 10.2 Å². The number of amides is 2. The van der Waals surface area contributed by atoms with Crippen molar-refractivity contribution in [2.24, 2.45) is 5.92 Å². The summed E-state index contributed by atoms with van der Waals surface area (Å²) in [6.07, 6.45) is 6.03. The topological polar surface area (TPSA) is 49.4 Å². The van der Waals surface area contributed by atoms with E-state index in [-0.39, 0.29) is 11.8 Å². The molecule has 2 atom stereocenters. The minimum Gasteiger partial charge on any atom is -0.353 e. The smallest absolute Gasteiger partial charge is 0.231 e. The summed E-state index contributed by atoms with van der Waals surface area (Å²) in [5, 5.41) is 3.36. The number of hydrogen-bond acceptors (Lipinski definition) is 2. The Morgan fingerprint density at radius 1 is 1.12 bits per heavy atom. The van der Waals surface area contributed by atoms with Crippen LogP contribution in [-0.4, -0.2) is 35.8 Å². The molecule has 2 amide bonds. The Morgan fingerprint density at radius 2 is 1.80 bits per heavy atom. The van der Waals surface area contributed by atoms with E-state index >= 15 is 0 Å². The van der Waals surface area contributed by atoms with Crippen molar-refractivity contribution in [3.05, 3.63) is 35.9 Å². The van der Waals surface area contributed by atoms with Crippen molar-refractivity contribution in [3.8, 4) is 0 Å². The molecule has 1 heterocycles. The van der Waals surface area contributed by atoms with Gasteiger partial charge in [-0.15, -0.1) is 0 Å². The molecule has 0 radical (unpaired) electrons. The molecule has 3 rings (SSSR count). The van der Waals surface area contributed by atoms with Gasteiger partial charge in [0.1, 0.15) is 0 Å². The number of likely N-dealkylation sites (tertiary alicyclic amines) is 1. The summed E-state index contributed by atoms with van der Waals surface area (Å²) in [6, 6.07) is 10.4. The molecule has 1 aromatic carbocycles. The maximum atomic E-state index is 13.4. The van der Waals surface area contributed by atoms with E-state index in [1.165, 1.54) is 12.8 Å². The number of piperidine rings is 1. The first-order valence-electron chi connectivity index (χ1n) is 9.63. The van der Waals surface area contributed by atoms with Gasteiger partial charge in [0.2, 0.25) is 11.8 Å². The molecule has 1 N–H and O–H groups in total. The standard InChI is InChI=1S/C21H30N2O2/c1-16-7-6-10-19(15-16)22-20(25)21(18-8-4-3-5-9-18)11-13-23(14-12-21)17(2)24/h3-5,8-9,16,19H,6-7,10-15H2,1-2H3,(H,22,25). The number of hydrogen-bond donors (Lipinski definition) is 1. The van der Waals surface area contributed by atoms with Gasteiger partial charge in [-0.05, 0) is 37.2 Å². The monoisotopic (exact) mass is 342 g/mol. The highest BCUT2D eigenvalue weighted by atomic mass is 16.2. The van der Waals surface area contributed by atoms with E-state index in [1.54, 1.807) is 6.92 Å². The van der Waals surface area contributed by atoms with E-state index in [0.717, 1.165) is 18.4 Å². The Hall–Kier alpha value is -1.84. The van der Waals surface area contributed by atoms with E-state index in [9.17, 15) is 9.59 Å². The second kappa shape index (κ2) is 7.59. The van der Waals surface area contributed by atoms with Gasteiger partial charge >= 0.3 is 0 Å². The predicted molar refractivity (Wildman–Crippen MR) is 99.2 cm³/mol. The second-order valence-electron chi connectivity index (χ2n) is 7.90. The zero-order valence-corrected chi connectivity index (χ0v) is 15.5. The van der Waals surface area contributed by atoms with Crippen molar-refractivity contribution in [3.63, 3.8) is 0 Å². The van der Waals surface area contributed by atoms with Crippen molar-refractivity contribution in [1.29, 1.82) is 0 Å². The van der Waals surface area contributed by atoms with E-state index in [2.05, 4.69) is 24.4 Å². The average Bonchev–Trinajstić information content (AvgIpc) is 2.62. The number of rotatable bonds is 3. The molecule has 1 aliphatic carbocycles. The summed E-state index contributed by atoms with van der Waals surface area (Å²) in [6.45, 7) is 5.19. The van der Waals surface area contributed by atoms with Crippen molar-refractivity contribution >= 4 is 11.8 Å². The van der Waals surface area contributed by atoms with Crippen LogP contribution >= 0.6 is 0 Å². The Balaban J connectivity index is 1.79. The maximum Gasteiger partial charge on any atom is 0.231 e. The van der Waals surface area contributed by atoms with Crippen LogP contribution in [0.15, 0.2) is 30.3 Å². The maximum absolute atomic E-state index is 13.4. The summed E-state index contributed by atoms with van der Waals surface area (Å²) >= 11 is 0. The van der Waals surface area contributed by atoms with Crippen LogP contribution < -0.4 is 5.32 Å². The molecular formula is C21H30N2O2. The quantitative estimate of drug-likeness (QED) is 0.916. The number of nitrogens with one attached hydrogen (secondary N) is 1. The molecule has 0 spiro atoms. The Labute approximate surface area is 151 Å². The normalized spacial score (nSPS) is 26.1. The van der Waals surface area contributed by atoms with E-state index in [1.807, 2.05) is 23.1 Å². The van der Waals surface area contributed by atoms with Crippen LogP contribution in [0.3, 0.4) is 0 Å². The lowest BCUT2D eigenvalue weighted by atomic mass is 9.71. The highest BCUT2D eigenvalue weighted by molar-refractivity contribution is 5.89. The number of nitrogens with zero attached hydrogens (tertiary/aromatic N) is 1. The van der Waals surface area contributed by atoms with Crippen molar-refractivity contribution in [2.75, 3.05) is 13.1 Å². The van der Waals surface area contributed by atoms with Gasteiger partial charge in [-0.25, -0.2) is 0 Å². The van der Waals surface area contributed by atoms with E-state index < -0.39 is 5.41 Å². The van der Waals surface area contributed by atoms with Gasteiger partial charge in [0, 0.05) is 26.1 Å². The molecule has 2 aliphatic rings. The third kappa shape index (κ3) is 3.88. The molecule has 1 aromatic rings. The third-order valence-corrected chi connectivity index (χ3v) is 6.09. The van der Waals surface area contributed by atoms with Gasteiger partial charge in [-0.3, -0.25) is 9.59 Å². The fourth-order valence-corrected chi connectivity index (χ4v) is 4.50. The average molecular weight is 342 g/mol. The van der Waals surface area contributed by atoms with Crippen LogP contribution in [0.25, 0.3) is 0 Å². The van der Waals surface area contributed by atoms with Gasteiger partial charge in [0.25, 0.3) is 0 Å². The molecule has 0 aromatic heterocycles. The van der Waals surface area contributed by atoms with Gasteiger partial charge in [-0.2, -0.15) is 0 Å². The minimum absolute atomic E-state index is 0.100. The summed E-state index contributed by atoms with van der Waals surface area (Å²) in [7, 11) is 0. The van der Waals surface area contributed by atoms with Crippen molar-refractivity contribution in [2.45, 2.75) is 63.8 Å². The summed E-state index contributed by atoms with van der Waals surface area (Å²) in [4.78, 5) is 26.9. The Kier molecular flexibility index (Phi) is 5.45. The summed E-state index contributed by atoms with van der Waals surface area (Å²) in [5.74, 6) is 0.940. The Bertz CT molecular complexity index is 606. The second-order valence-corrected chi connectivity index (χ2v) is 7.90. The highest BCUT2D eigenvalue weighted by Gasteiger charge is 2.44. The molecule has 0 bridgehead atoms. The lowest BCUT2D eigenvalue weighted by Gasteiger charge is -2.42. The van der Waals surface area contributed by atoms with Gasteiger partial charge in [0.15, 0.2) is 0 Å². The van der Waals surface area contributed by atoms with Gasteiger partial charge in [-0.1, -0.05) is 50.1 Å². The molecule has 4 heteroatoms. The van der Waals surface area contributed by atoms with Crippen LogP contribution in [0, 0.1) is 5.92 Å². The fourth-order valence-electron chi connectivity index (χ4n) is 4.50. The van der Waals surface area contributed by atoms with Gasteiger partial charge < -0.3 is 10.2 Å². The molecule has 25 heavy (non-hydrogen) atoms. The number of benzene rings is 1. The molecule has 2 unspecified atom stereocenters. The molecule has 4 nitrogen and oxygen atoms in total. The zero-order valence-electron chi connectivity index (χ0n) is 15.5. The SMILES string of the molecule is CC(=O)N1CCC(C(=O)NC2CCCC(C)C2)(c2ccccc2)CC1. The number of carbonyl (C=O) groups excluding carboxylic acids is 2. The summed E-state index contributed by atoms with van der Waals surface area (Å²) in [5.41, 5.74) is 0.577. The van der Waals surface area contributed by atoms with Crippen LogP contribution in [0.1, 0.15) is 57.9 Å². The third-order valence-electron chi connectivity index (χ3n) is 6.09. The van der Waals surface area contributed by atoms with E-state index in [4.69, 9.17) is 0 Å². The molecule has 2 fully saturated rings. The largest absolute Gasteiger partial charge is 0.353 e. The molecular weight excluding hydrogens is 312 g/mol. The first kappa shape index (κ1) is 18.0. The van der Waals surface area contributed by atoms with Crippen LogP contribution in [0.2, 0.25) is 0 Å². The molecule has 1 aliphatic heterocycles. The molecule has 136 valence electrons. The van der Waals surface area contributed by atoms with Gasteiger partial charge in [0.05, 0.1) is 5.41 Å². The van der Waals surface area contributed by atoms with Crippen LogP contribution in [0.5, 0.6) is 0 Å². The highest BCUT2D eigenvalue weighted by Crippen LogP contribution is 2.36. The zero-order chi connectivity index (χ0) is 17.9. The lowest BCUT2D eigenvalue weighted by Crippen LogP contribution is -2.54. The summed E-state index contributed by atoms with van der Waals surface area (Å²) < 4.78 is 0. The molecule has 1 saturated carbocycles. The molecule has 1 saturated heterocycles. The number of carbonyl (C=O) groups is 2. The minimum atomic E-state index is -0.506. The van der Waals surface area contributed by atoms with Crippen LogP contribution in [-0.2, 0) is 15.0 Å². The lowest BCUT2D eigenvalue weighted by molar-refractivity contribution is -0.136. The first-order chi connectivity index (χ1) is 12.0. The van der Waals surface area contributed by atoms with Crippen molar-refractivity contribution < 1.29 is 9.59 Å². The fraction of sp³-hybridized carbons (Fsp3) is 0.619. The first-order valence-corrected chi connectivity index (χ1v) is 9.63. The van der Waals surface area contributed by atoms with Crippen LogP contribution in [0.4, 0.5) is 0 Å². The predicted octanol–water partition coefficient (Wildman–Crippen LogP) is 3.26.